The van der Waals surface area contributed by atoms with E-state index in [1.165, 1.54) is 6.08 Å². The van der Waals surface area contributed by atoms with Crippen molar-refractivity contribution in [2.24, 2.45) is 0 Å². The van der Waals surface area contributed by atoms with Crippen molar-refractivity contribution < 1.29 is 19.1 Å². The van der Waals surface area contributed by atoms with Crippen LogP contribution in [-0.2, 0) is 9.53 Å². The highest BCUT2D eigenvalue weighted by Gasteiger charge is 2.11. The predicted molar refractivity (Wildman–Crippen MR) is 125 cm³/mol. The molecule has 0 bridgehead atoms. The van der Waals surface area contributed by atoms with Gasteiger partial charge in [-0.05, 0) is 52.6 Å². The molecular formula is C27H26O4. The number of hydrogen-bond donors (Lipinski definition) is 0. The Balaban J connectivity index is 2.10. The van der Waals surface area contributed by atoms with E-state index in [0.717, 1.165) is 52.3 Å². The molecule has 0 spiro atoms. The zero-order chi connectivity index (χ0) is 22.1. The van der Waals surface area contributed by atoms with Crippen LogP contribution in [0.2, 0.25) is 0 Å². The van der Waals surface area contributed by atoms with Gasteiger partial charge in [0.1, 0.15) is 5.75 Å². The minimum absolute atomic E-state index is 0.394. The molecule has 0 radical (unpaired) electrons. The molecule has 3 rings (SSSR count). The Morgan fingerprint density at radius 3 is 2.45 bits per heavy atom. The monoisotopic (exact) mass is 414 g/mol. The molecular weight excluding hydrogens is 388 g/mol. The summed E-state index contributed by atoms with van der Waals surface area (Å²) < 4.78 is 10.5. The average molecular weight is 415 g/mol. The summed E-state index contributed by atoms with van der Waals surface area (Å²) in [6, 6.07) is 19.2. The van der Waals surface area contributed by atoms with Gasteiger partial charge in [0.05, 0.1) is 13.7 Å². The van der Waals surface area contributed by atoms with Gasteiger partial charge >= 0.3 is 5.97 Å². The number of unbranched alkanes of at least 4 members (excludes halogenated alkanes) is 1. The highest BCUT2D eigenvalue weighted by molar-refractivity contribution is 6.07. The van der Waals surface area contributed by atoms with Crippen LogP contribution in [0.1, 0.15) is 41.3 Å². The number of aldehydes is 1. The van der Waals surface area contributed by atoms with Crippen LogP contribution >= 0.6 is 0 Å². The third-order valence-electron chi connectivity index (χ3n) is 4.96. The van der Waals surface area contributed by atoms with Crippen LogP contribution in [0.25, 0.3) is 22.4 Å². The van der Waals surface area contributed by atoms with Crippen molar-refractivity contribution in [3.63, 3.8) is 0 Å². The van der Waals surface area contributed by atoms with Crippen molar-refractivity contribution >= 4 is 34.7 Å². The van der Waals surface area contributed by atoms with Crippen molar-refractivity contribution in [3.05, 3.63) is 89.5 Å². The second kappa shape index (κ2) is 10.9. The van der Waals surface area contributed by atoms with E-state index >= 15 is 0 Å². The molecule has 0 fully saturated rings. The summed E-state index contributed by atoms with van der Waals surface area (Å²) in [6.45, 7) is 2.44. The van der Waals surface area contributed by atoms with Crippen LogP contribution in [0, 0.1) is 0 Å². The summed E-state index contributed by atoms with van der Waals surface area (Å²) >= 11 is 0. The van der Waals surface area contributed by atoms with Crippen molar-refractivity contribution in [2.45, 2.75) is 19.8 Å². The normalized spacial score (nSPS) is 11.6. The minimum atomic E-state index is -0.401. The van der Waals surface area contributed by atoms with E-state index in [9.17, 15) is 9.59 Å². The van der Waals surface area contributed by atoms with Crippen LogP contribution in [0.15, 0.2) is 72.8 Å². The van der Waals surface area contributed by atoms with Crippen molar-refractivity contribution in [3.8, 4) is 5.75 Å². The van der Waals surface area contributed by atoms with E-state index in [1.807, 2.05) is 67.6 Å². The summed E-state index contributed by atoms with van der Waals surface area (Å²) in [6.07, 6.45) is 7.71. The Bertz CT molecular complexity index is 1110. The maximum absolute atomic E-state index is 12.2. The molecule has 0 saturated carbocycles. The molecule has 0 heterocycles. The quantitative estimate of drug-likeness (QED) is 0.106. The Morgan fingerprint density at radius 2 is 1.74 bits per heavy atom. The van der Waals surface area contributed by atoms with Gasteiger partial charge in [-0.1, -0.05) is 61.9 Å². The second-order valence-electron chi connectivity index (χ2n) is 7.10. The summed E-state index contributed by atoms with van der Waals surface area (Å²) in [4.78, 5) is 24.0. The van der Waals surface area contributed by atoms with Gasteiger partial charge in [-0.25, -0.2) is 4.79 Å². The standard InChI is InChI=1S/C27H26O4/c1-3-4-17-31-26(29)16-13-22(18-20-9-14-24(30-2)15-10-20)27-23(19-28)12-11-21-7-5-6-8-25(21)27/h5-16,18-19H,3-4,17H2,1-2H3/b16-13+,22-18-. The number of esters is 1. The molecule has 0 aliphatic heterocycles. The van der Waals surface area contributed by atoms with Crippen LogP contribution < -0.4 is 4.74 Å². The number of hydrogen-bond acceptors (Lipinski definition) is 4. The Kier molecular flexibility index (Phi) is 7.77. The van der Waals surface area contributed by atoms with E-state index < -0.39 is 5.97 Å². The number of allylic oxidation sites excluding steroid dienone is 2. The SMILES string of the molecule is CCCCOC(=O)/C=C/C(=C/c1ccc(OC)cc1)c1c(C=O)ccc2ccccc12. The molecule has 0 amide bonds. The Labute approximate surface area is 182 Å². The van der Waals surface area contributed by atoms with E-state index in [4.69, 9.17) is 9.47 Å². The highest BCUT2D eigenvalue weighted by Crippen LogP contribution is 2.31. The zero-order valence-electron chi connectivity index (χ0n) is 17.8. The van der Waals surface area contributed by atoms with Crippen LogP contribution in [0.4, 0.5) is 0 Å². The maximum Gasteiger partial charge on any atom is 0.330 e. The molecule has 3 aromatic rings. The zero-order valence-corrected chi connectivity index (χ0v) is 17.8. The van der Waals surface area contributed by atoms with Crippen molar-refractivity contribution in [2.75, 3.05) is 13.7 Å². The fourth-order valence-electron chi connectivity index (χ4n) is 3.32. The number of carbonyl (C=O) groups is 2. The number of fused-ring (bicyclic) bond motifs is 1. The fraction of sp³-hybridized carbons (Fsp3) is 0.185. The molecule has 0 aliphatic carbocycles. The van der Waals surface area contributed by atoms with E-state index in [-0.39, 0.29) is 0 Å². The van der Waals surface area contributed by atoms with Crippen LogP contribution in [0.3, 0.4) is 0 Å². The average Bonchev–Trinajstić information content (AvgIpc) is 2.81. The molecule has 0 saturated heterocycles. The van der Waals surface area contributed by atoms with Gasteiger partial charge in [0.15, 0.2) is 6.29 Å². The first-order valence-electron chi connectivity index (χ1n) is 10.3. The lowest BCUT2D eigenvalue weighted by Gasteiger charge is -2.12. The molecule has 0 aliphatic rings. The van der Waals surface area contributed by atoms with Crippen molar-refractivity contribution in [1.82, 2.24) is 0 Å². The van der Waals surface area contributed by atoms with Crippen LogP contribution in [-0.4, -0.2) is 26.0 Å². The minimum Gasteiger partial charge on any atom is -0.497 e. The van der Waals surface area contributed by atoms with Gasteiger partial charge < -0.3 is 9.47 Å². The molecule has 3 aromatic carbocycles. The van der Waals surface area contributed by atoms with Gasteiger partial charge in [0.25, 0.3) is 0 Å². The molecule has 0 N–H and O–H groups in total. The second-order valence-corrected chi connectivity index (χ2v) is 7.10. The maximum atomic E-state index is 12.2. The molecule has 158 valence electrons. The van der Waals surface area contributed by atoms with E-state index in [2.05, 4.69) is 0 Å². The topological polar surface area (TPSA) is 52.6 Å². The number of ether oxygens (including phenoxy) is 2. The van der Waals surface area contributed by atoms with Crippen molar-refractivity contribution in [1.29, 1.82) is 0 Å². The first-order chi connectivity index (χ1) is 15.2. The molecule has 4 heteroatoms. The smallest absolute Gasteiger partial charge is 0.330 e. The first kappa shape index (κ1) is 22.0. The summed E-state index contributed by atoms with van der Waals surface area (Å²) in [5.41, 5.74) is 3.00. The summed E-state index contributed by atoms with van der Waals surface area (Å²) in [5.74, 6) is 0.356. The number of benzene rings is 3. The third kappa shape index (κ3) is 5.70. The summed E-state index contributed by atoms with van der Waals surface area (Å²) in [7, 11) is 1.62. The van der Waals surface area contributed by atoms with Gasteiger partial charge in [-0.2, -0.15) is 0 Å². The Hall–Kier alpha value is -3.66. The third-order valence-corrected chi connectivity index (χ3v) is 4.96. The molecule has 0 unspecified atom stereocenters. The fourth-order valence-corrected chi connectivity index (χ4v) is 3.32. The van der Waals surface area contributed by atoms with E-state index in [1.54, 1.807) is 19.3 Å². The molecule has 0 atom stereocenters. The van der Waals surface area contributed by atoms with Gasteiger partial charge in [-0.15, -0.1) is 0 Å². The lowest BCUT2D eigenvalue weighted by atomic mass is 9.92. The largest absolute Gasteiger partial charge is 0.497 e. The first-order valence-corrected chi connectivity index (χ1v) is 10.3. The number of rotatable bonds is 9. The molecule has 0 aromatic heterocycles. The van der Waals surface area contributed by atoms with E-state index in [0.29, 0.717) is 12.2 Å². The van der Waals surface area contributed by atoms with Gasteiger partial charge in [0.2, 0.25) is 0 Å². The van der Waals surface area contributed by atoms with Gasteiger partial charge in [-0.3, -0.25) is 4.79 Å². The summed E-state index contributed by atoms with van der Waals surface area (Å²) in [5, 5.41) is 1.96. The lowest BCUT2D eigenvalue weighted by molar-refractivity contribution is -0.137. The van der Waals surface area contributed by atoms with Gasteiger partial charge in [0, 0.05) is 17.2 Å². The van der Waals surface area contributed by atoms with Crippen LogP contribution in [0.5, 0.6) is 5.75 Å². The lowest BCUT2D eigenvalue weighted by Crippen LogP contribution is -2.02. The molecule has 4 nitrogen and oxygen atoms in total. The number of carbonyl (C=O) groups excluding carboxylic acids is 2. The predicted octanol–water partition coefficient (Wildman–Crippen LogP) is 6.10. The Morgan fingerprint density at radius 1 is 0.968 bits per heavy atom. The number of methoxy groups -OCH3 is 1. The highest BCUT2D eigenvalue weighted by atomic mass is 16.5. The molecule has 31 heavy (non-hydrogen) atoms.